The van der Waals surface area contributed by atoms with Crippen LogP contribution in [0, 0.1) is 12.7 Å². The van der Waals surface area contributed by atoms with Crippen molar-refractivity contribution >= 4 is 17.2 Å². The summed E-state index contributed by atoms with van der Waals surface area (Å²) in [5.74, 6) is 0.0643. The Morgan fingerprint density at radius 1 is 1.33 bits per heavy atom. The lowest BCUT2D eigenvalue weighted by atomic mass is 10.2. The van der Waals surface area contributed by atoms with E-state index in [0.29, 0.717) is 33.4 Å². The van der Waals surface area contributed by atoms with E-state index in [1.807, 2.05) is 0 Å². The van der Waals surface area contributed by atoms with Gasteiger partial charge in [-0.05, 0) is 70.4 Å². The molecule has 0 spiro atoms. The molecule has 0 unspecified atom stereocenters. The summed E-state index contributed by atoms with van der Waals surface area (Å²) in [7, 11) is 1.53. The molecule has 1 aromatic carbocycles. The Bertz CT molecular complexity index is 788. The molecule has 0 aliphatic carbocycles. The lowest BCUT2D eigenvalue weighted by Gasteiger charge is -2.13. The molecule has 1 aliphatic rings. The number of amides is 1. The first-order valence-electron chi connectivity index (χ1n) is 9.40. The van der Waals surface area contributed by atoms with Gasteiger partial charge in [-0.1, -0.05) is 0 Å². The number of aromatic nitrogens is 1. The Labute approximate surface area is 163 Å². The SMILES string of the molecule is COc1ccc(F)cc1-c1nc(C)c(C(=O)NCCCCN2CCCC2)s1. The van der Waals surface area contributed by atoms with Gasteiger partial charge < -0.3 is 15.0 Å². The maximum Gasteiger partial charge on any atom is 0.263 e. The van der Waals surface area contributed by atoms with Crippen molar-refractivity contribution in [2.75, 3.05) is 33.3 Å². The molecule has 0 radical (unpaired) electrons. The first-order chi connectivity index (χ1) is 13.1. The van der Waals surface area contributed by atoms with Crippen molar-refractivity contribution < 1.29 is 13.9 Å². The van der Waals surface area contributed by atoms with Crippen LogP contribution in [0.5, 0.6) is 5.75 Å². The van der Waals surface area contributed by atoms with E-state index in [-0.39, 0.29) is 11.7 Å². The Balaban J connectivity index is 1.57. The number of carbonyl (C=O) groups is 1. The van der Waals surface area contributed by atoms with Gasteiger partial charge in [0.2, 0.25) is 0 Å². The standard InChI is InChI=1S/C20H26FN3O2S/c1-14-18(19(25)22-9-3-4-10-24-11-5-6-12-24)27-20(23-14)16-13-15(21)7-8-17(16)26-2/h7-8,13H,3-6,9-12H2,1-2H3,(H,22,25). The van der Waals surface area contributed by atoms with Crippen molar-refractivity contribution in [3.63, 3.8) is 0 Å². The van der Waals surface area contributed by atoms with Crippen LogP contribution in [0.1, 0.15) is 41.0 Å². The zero-order chi connectivity index (χ0) is 19.2. The fourth-order valence-electron chi connectivity index (χ4n) is 3.32. The maximum atomic E-state index is 13.6. The van der Waals surface area contributed by atoms with Gasteiger partial charge in [-0.25, -0.2) is 9.37 Å². The van der Waals surface area contributed by atoms with Gasteiger partial charge in [0.15, 0.2) is 0 Å². The predicted octanol–water partition coefficient (Wildman–Crippen LogP) is 3.87. The van der Waals surface area contributed by atoms with Crippen LogP contribution in [0.25, 0.3) is 10.6 Å². The second-order valence-corrected chi connectivity index (χ2v) is 7.79. The largest absolute Gasteiger partial charge is 0.496 e. The Hall–Kier alpha value is -1.99. The van der Waals surface area contributed by atoms with Crippen molar-refractivity contribution in [2.45, 2.75) is 32.6 Å². The summed E-state index contributed by atoms with van der Waals surface area (Å²) in [5, 5.41) is 3.56. The van der Waals surface area contributed by atoms with E-state index in [1.165, 1.54) is 56.5 Å². The summed E-state index contributed by atoms with van der Waals surface area (Å²) >= 11 is 1.27. The number of benzene rings is 1. The minimum Gasteiger partial charge on any atom is -0.496 e. The van der Waals surface area contributed by atoms with Gasteiger partial charge in [0.05, 0.1) is 18.4 Å². The van der Waals surface area contributed by atoms with E-state index in [0.717, 1.165) is 19.4 Å². The van der Waals surface area contributed by atoms with Crippen LogP contribution in [0.4, 0.5) is 4.39 Å². The van der Waals surface area contributed by atoms with E-state index in [2.05, 4.69) is 15.2 Å². The first kappa shape index (κ1) is 19.8. The molecule has 2 heterocycles. The molecule has 0 saturated carbocycles. The second-order valence-electron chi connectivity index (χ2n) is 6.79. The number of ether oxygens (including phenoxy) is 1. The molecule has 0 bridgehead atoms. The van der Waals surface area contributed by atoms with Crippen molar-refractivity contribution in [2.24, 2.45) is 0 Å². The highest BCUT2D eigenvalue weighted by Crippen LogP contribution is 2.34. The van der Waals surface area contributed by atoms with Gasteiger partial charge >= 0.3 is 0 Å². The van der Waals surface area contributed by atoms with Crippen LogP contribution in [-0.4, -0.2) is 49.1 Å². The van der Waals surface area contributed by atoms with E-state index >= 15 is 0 Å². The maximum absolute atomic E-state index is 13.6. The van der Waals surface area contributed by atoms with E-state index in [1.54, 1.807) is 13.0 Å². The topological polar surface area (TPSA) is 54.5 Å². The van der Waals surface area contributed by atoms with E-state index < -0.39 is 0 Å². The van der Waals surface area contributed by atoms with Crippen LogP contribution in [0.3, 0.4) is 0 Å². The third-order valence-electron chi connectivity index (χ3n) is 4.78. The molecule has 1 aliphatic heterocycles. The molecule has 1 aromatic heterocycles. The smallest absolute Gasteiger partial charge is 0.263 e. The molecule has 27 heavy (non-hydrogen) atoms. The molecule has 1 amide bonds. The summed E-state index contributed by atoms with van der Waals surface area (Å²) in [6.07, 6.45) is 4.66. The highest BCUT2D eigenvalue weighted by Gasteiger charge is 2.18. The molecular weight excluding hydrogens is 365 g/mol. The first-order valence-corrected chi connectivity index (χ1v) is 10.2. The Morgan fingerprint density at radius 2 is 2.11 bits per heavy atom. The molecule has 146 valence electrons. The molecule has 1 fully saturated rings. The second kappa shape index (κ2) is 9.28. The summed E-state index contributed by atoms with van der Waals surface area (Å²) in [5.41, 5.74) is 1.21. The third kappa shape index (κ3) is 5.05. The zero-order valence-corrected chi connectivity index (χ0v) is 16.7. The van der Waals surface area contributed by atoms with Crippen molar-refractivity contribution in [3.8, 4) is 16.3 Å². The molecule has 5 nitrogen and oxygen atoms in total. The fourth-order valence-corrected chi connectivity index (χ4v) is 4.32. The van der Waals surface area contributed by atoms with Gasteiger partial charge in [-0.2, -0.15) is 0 Å². The monoisotopic (exact) mass is 391 g/mol. The average Bonchev–Trinajstić information content (AvgIpc) is 3.31. The molecule has 7 heteroatoms. The quantitative estimate of drug-likeness (QED) is 0.694. The number of carbonyl (C=O) groups excluding carboxylic acids is 1. The number of halogens is 1. The van der Waals surface area contributed by atoms with Crippen LogP contribution >= 0.6 is 11.3 Å². The van der Waals surface area contributed by atoms with Crippen molar-refractivity contribution in [1.29, 1.82) is 0 Å². The van der Waals surface area contributed by atoms with Crippen LogP contribution in [0.15, 0.2) is 18.2 Å². The summed E-state index contributed by atoms with van der Waals surface area (Å²) in [6.45, 7) is 5.98. The highest BCUT2D eigenvalue weighted by molar-refractivity contribution is 7.17. The van der Waals surface area contributed by atoms with Gasteiger partial charge in [-0.3, -0.25) is 4.79 Å². The number of nitrogens with one attached hydrogen (secondary N) is 1. The fraction of sp³-hybridized carbons (Fsp3) is 0.500. The van der Waals surface area contributed by atoms with Crippen LogP contribution in [0.2, 0.25) is 0 Å². The zero-order valence-electron chi connectivity index (χ0n) is 15.9. The van der Waals surface area contributed by atoms with E-state index in [9.17, 15) is 9.18 Å². The molecule has 0 atom stereocenters. The number of thiazole rings is 1. The number of hydrogen-bond donors (Lipinski definition) is 1. The number of hydrogen-bond acceptors (Lipinski definition) is 5. The van der Waals surface area contributed by atoms with Crippen LogP contribution < -0.4 is 10.1 Å². The number of likely N-dealkylation sites (tertiary alicyclic amines) is 1. The lowest BCUT2D eigenvalue weighted by Crippen LogP contribution is -2.26. The number of aryl methyl sites for hydroxylation is 1. The molecule has 3 rings (SSSR count). The Morgan fingerprint density at radius 3 is 2.85 bits per heavy atom. The summed E-state index contributed by atoms with van der Waals surface area (Å²) < 4.78 is 18.9. The van der Waals surface area contributed by atoms with Crippen molar-refractivity contribution in [3.05, 3.63) is 34.6 Å². The van der Waals surface area contributed by atoms with Gasteiger partial charge in [0.25, 0.3) is 5.91 Å². The Kier molecular flexibility index (Phi) is 6.79. The summed E-state index contributed by atoms with van der Waals surface area (Å²) in [6, 6.07) is 4.30. The van der Waals surface area contributed by atoms with Crippen molar-refractivity contribution in [1.82, 2.24) is 15.2 Å². The van der Waals surface area contributed by atoms with Crippen LogP contribution in [-0.2, 0) is 0 Å². The normalized spacial score (nSPS) is 14.5. The third-order valence-corrected chi connectivity index (χ3v) is 5.97. The highest BCUT2D eigenvalue weighted by atomic mass is 32.1. The number of unbranched alkanes of at least 4 members (excludes halogenated alkanes) is 1. The average molecular weight is 392 g/mol. The van der Waals surface area contributed by atoms with Gasteiger partial charge in [0, 0.05) is 6.54 Å². The lowest BCUT2D eigenvalue weighted by molar-refractivity contribution is 0.0956. The van der Waals surface area contributed by atoms with E-state index in [4.69, 9.17) is 4.74 Å². The molecule has 2 aromatic rings. The molecule has 1 N–H and O–H groups in total. The summed E-state index contributed by atoms with van der Waals surface area (Å²) in [4.78, 5) is 20.0. The molecular formula is C20H26FN3O2S. The minimum atomic E-state index is -0.359. The molecule has 1 saturated heterocycles. The van der Waals surface area contributed by atoms with Gasteiger partial charge in [-0.15, -0.1) is 11.3 Å². The minimum absolute atomic E-state index is 0.118. The number of methoxy groups -OCH3 is 1. The number of rotatable bonds is 8. The van der Waals surface area contributed by atoms with Gasteiger partial charge in [0.1, 0.15) is 21.5 Å². The number of nitrogens with zero attached hydrogens (tertiary/aromatic N) is 2. The predicted molar refractivity (Wildman–Crippen MR) is 106 cm³/mol.